The number of aromatic amines is 1. The van der Waals surface area contributed by atoms with Crippen molar-refractivity contribution in [3.8, 4) is 0 Å². The molecule has 18 heavy (non-hydrogen) atoms. The van der Waals surface area contributed by atoms with Gasteiger partial charge in [0.1, 0.15) is 5.69 Å². The smallest absolute Gasteiger partial charge is 0.270 e. The number of nitrogens with one attached hydrogen (secondary N) is 1. The van der Waals surface area contributed by atoms with Gasteiger partial charge in [-0.15, -0.1) is 0 Å². The van der Waals surface area contributed by atoms with Crippen LogP contribution in [0.2, 0.25) is 0 Å². The fourth-order valence-electron chi connectivity index (χ4n) is 2.36. The van der Waals surface area contributed by atoms with Crippen LogP contribution in [0.5, 0.6) is 0 Å². The van der Waals surface area contributed by atoms with Crippen molar-refractivity contribution < 1.29 is 9.90 Å². The van der Waals surface area contributed by atoms with E-state index in [4.69, 9.17) is 0 Å². The summed E-state index contributed by atoms with van der Waals surface area (Å²) in [5.41, 5.74) is 4.01. The third-order valence-corrected chi connectivity index (χ3v) is 3.72. The topological polar surface area (TPSA) is 56.3 Å². The van der Waals surface area contributed by atoms with E-state index in [0.717, 1.165) is 10.9 Å². The van der Waals surface area contributed by atoms with E-state index in [1.54, 1.807) is 4.90 Å². The summed E-state index contributed by atoms with van der Waals surface area (Å²) in [6, 6.07) is 5.96. The van der Waals surface area contributed by atoms with Gasteiger partial charge in [-0.2, -0.15) is 0 Å². The van der Waals surface area contributed by atoms with Gasteiger partial charge >= 0.3 is 0 Å². The van der Waals surface area contributed by atoms with Crippen LogP contribution in [0.15, 0.2) is 18.2 Å². The van der Waals surface area contributed by atoms with Crippen LogP contribution in [0.3, 0.4) is 0 Å². The number of aromatic nitrogens is 1. The lowest BCUT2D eigenvalue weighted by atomic mass is 10.1. The highest BCUT2D eigenvalue weighted by Crippen LogP contribution is 2.23. The fraction of sp³-hybridized carbons (Fsp3) is 0.357. The number of rotatable bonds is 1. The minimum Gasteiger partial charge on any atom is -0.389 e. The maximum atomic E-state index is 12.1. The molecule has 0 saturated carbocycles. The maximum absolute atomic E-state index is 12.1. The van der Waals surface area contributed by atoms with Crippen molar-refractivity contribution in [3.63, 3.8) is 0 Å². The summed E-state index contributed by atoms with van der Waals surface area (Å²) in [6.45, 7) is 5.00. The second-order valence-corrected chi connectivity index (χ2v) is 5.02. The van der Waals surface area contributed by atoms with Crippen LogP contribution < -0.4 is 0 Å². The lowest BCUT2D eigenvalue weighted by Gasteiger charge is -2.35. The van der Waals surface area contributed by atoms with Crippen molar-refractivity contribution in [3.05, 3.63) is 35.0 Å². The van der Waals surface area contributed by atoms with E-state index >= 15 is 0 Å². The average molecular weight is 244 g/mol. The van der Waals surface area contributed by atoms with E-state index in [2.05, 4.69) is 24.9 Å². The van der Waals surface area contributed by atoms with Gasteiger partial charge in [0.15, 0.2) is 0 Å². The number of aliphatic hydroxyl groups is 1. The highest BCUT2D eigenvalue weighted by molar-refractivity contribution is 5.99. The van der Waals surface area contributed by atoms with Crippen molar-refractivity contribution in [2.45, 2.75) is 20.0 Å². The zero-order valence-electron chi connectivity index (χ0n) is 10.5. The zero-order chi connectivity index (χ0) is 12.9. The van der Waals surface area contributed by atoms with Crippen LogP contribution in [0.1, 0.15) is 21.6 Å². The molecule has 2 N–H and O–H groups in total. The minimum absolute atomic E-state index is 0.0337. The van der Waals surface area contributed by atoms with E-state index in [1.807, 2.05) is 12.1 Å². The molecular formula is C14H16N2O2. The van der Waals surface area contributed by atoms with Crippen LogP contribution in [0.4, 0.5) is 0 Å². The molecule has 0 unspecified atom stereocenters. The predicted octanol–water partition coefficient (Wildman–Crippen LogP) is 1.60. The summed E-state index contributed by atoms with van der Waals surface area (Å²) < 4.78 is 0. The largest absolute Gasteiger partial charge is 0.389 e. The number of amides is 1. The summed E-state index contributed by atoms with van der Waals surface area (Å²) in [5, 5.41) is 10.3. The number of carbonyl (C=O) groups is 1. The summed E-state index contributed by atoms with van der Waals surface area (Å²) in [7, 11) is 0. The Kier molecular flexibility index (Phi) is 2.41. The zero-order valence-corrected chi connectivity index (χ0v) is 10.5. The van der Waals surface area contributed by atoms with E-state index < -0.39 is 0 Å². The Hall–Kier alpha value is -1.81. The number of H-pyrrole nitrogens is 1. The van der Waals surface area contributed by atoms with Gasteiger partial charge in [0.2, 0.25) is 0 Å². The van der Waals surface area contributed by atoms with Gasteiger partial charge in [0.25, 0.3) is 5.91 Å². The van der Waals surface area contributed by atoms with Crippen molar-refractivity contribution in [2.24, 2.45) is 0 Å². The highest BCUT2D eigenvalue weighted by Gasteiger charge is 2.30. The summed E-state index contributed by atoms with van der Waals surface area (Å²) in [5.74, 6) is -0.0337. The normalized spacial score (nSPS) is 16.1. The van der Waals surface area contributed by atoms with E-state index in [-0.39, 0.29) is 12.0 Å². The number of benzene rings is 1. The second-order valence-electron chi connectivity index (χ2n) is 5.02. The molecule has 0 bridgehead atoms. The van der Waals surface area contributed by atoms with Crippen LogP contribution >= 0.6 is 0 Å². The lowest BCUT2D eigenvalue weighted by molar-refractivity contribution is 0.00557. The standard InChI is InChI=1S/C14H16N2O2/c1-8-3-4-12-11(9(8)2)5-13(15-12)14(18)16-6-10(17)7-16/h3-5,10,15,17H,6-7H2,1-2H3. The molecule has 1 aromatic heterocycles. The van der Waals surface area contributed by atoms with Gasteiger partial charge in [-0.25, -0.2) is 0 Å². The molecule has 0 aliphatic carbocycles. The van der Waals surface area contributed by atoms with Crippen molar-refractivity contribution >= 4 is 16.8 Å². The molecule has 1 aromatic carbocycles. The number of nitrogens with zero attached hydrogens (tertiary/aromatic N) is 1. The number of hydrogen-bond acceptors (Lipinski definition) is 2. The Labute approximate surface area is 105 Å². The Morgan fingerprint density at radius 1 is 1.39 bits per heavy atom. The molecule has 1 saturated heterocycles. The third-order valence-electron chi connectivity index (χ3n) is 3.72. The molecule has 1 aliphatic rings. The quantitative estimate of drug-likeness (QED) is 0.800. The number of aryl methyl sites for hydroxylation is 2. The van der Waals surface area contributed by atoms with Gasteiger partial charge in [-0.05, 0) is 37.1 Å². The number of aliphatic hydroxyl groups excluding tert-OH is 1. The Balaban J connectivity index is 1.98. The molecule has 2 aromatic rings. The average Bonchev–Trinajstić information content (AvgIpc) is 2.74. The van der Waals surface area contributed by atoms with Gasteiger partial charge < -0.3 is 15.0 Å². The summed E-state index contributed by atoms with van der Waals surface area (Å²) in [4.78, 5) is 16.9. The first-order valence-corrected chi connectivity index (χ1v) is 6.12. The molecule has 1 amide bonds. The molecule has 0 atom stereocenters. The van der Waals surface area contributed by atoms with Gasteiger partial charge in [0.05, 0.1) is 6.10 Å². The molecule has 4 heteroatoms. The van der Waals surface area contributed by atoms with Crippen LogP contribution in [-0.4, -0.2) is 40.1 Å². The first kappa shape index (κ1) is 11.3. The number of hydrogen-bond donors (Lipinski definition) is 2. The minimum atomic E-state index is -0.359. The van der Waals surface area contributed by atoms with E-state index in [1.165, 1.54) is 11.1 Å². The number of likely N-dealkylation sites (tertiary alicyclic amines) is 1. The van der Waals surface area contributed by atoms with Crippen LogP contribution in [-0.2, 0) is 0 Å². The van der Waals surface area contributed by atoms with Crippen LogP contribution in [0, 0.1) is 13.8 Å². The van der Waals surface area contributed by atoms with Crippen molar-refractivity contribution in [2.75, 3.05) is 13.1 Å². The third kappa shape index (κ3) is 1.61. The second kappa shape index (κ2) is 3.85. The molecule has 4 nitrogen and oxygen atoms in total. The molecule has 3 rings (SSSR count). The number of β-amino-alcohol motifs (C(OH)–C–C–N with tert-alkyl or cyclic N) is 1. The molecule has 94 valence electrons. The Bertz CT molecular complexity index is 624. The van der Waals surface area contributed by atoms with E-state index in [0.29, 0.717) is 18.8 Å². The van der Waals surface area contributed by atoms with Crippen molar-refractivity contribution in [1.82, 2.24) is 9.88 Å². The van der Waals surface area contributed by atoms with Crippen LogP contribution in [0.25, 0.3) is 10.9 Å². The molecule has 1 aliphatic heterocycles. The molecule has 2 heterocycles. The summed E-state index contributed by atoms with van der Waals surface area (Å²) >= 11 is 0. The van der Waals surface area contributed by atoms with Crippen molar-refractivity contribution in [1.29, 1.82) is 0 Å². The monoisotopic (exact) mass is 244 g/mol. The molecule has 0 radical (unpaired) electrons. The first-order valence-electron chi connectivity index (χ1n) is 6.12. The molecular weight excluding hydrogens is 228 g/mol. The maximum Gasteiger partial charge on any atom is 0.270 e. The highest BCUT2D eigenvalue weighted by atomic mass is 16.3. The Morgan fingerprint density at radius 3 is 2.78 bits per heavy atom. The molecule has 0 spiro atoms. The summed E-state index contributed by atoms with van der Waals surface area (Å²) in [6.07, 6.45) is -0.359. The molecule has 1 fully saturated rings. The van der Waals surface area contributed by atoms with E-state index in [9.17, 15) is 9.90 Å². The predicted molar refractivity (Wildman–Crippen MR) is 69.7 cm³/mol. The van der Waals surface area contributed by atoms with Gasteiger partial charge in [0, 0.05) is 24.0 Å². The van der Waals surface area contributed by atoms with Gasteiger partial charge in [-0.1, -0.05) is 6.07 Å². The fourth-order valence-corrected chi connectivity index (χ4v) is 2.36. The number of carbonyl (C=O) groups excluding carboxylic acids is 1. The van der Waals surface area contributed by atoms with Gasteiger partial charge in [-0.3, -0.25) is 4.79 Å². The SMILES string of the molecule is Cc1ccc2[nH]c(C(=O)N3CC(O)C3)cc2c1C. The number of fused-ring (bicyclic) bond motifs is 1. The Morgan fingerprint density at radius 2 is 2.11 bits per heavy atom. The lowest BCUT2D eigenvalue weighted by Crippen LogP contribution is -2.53. The first-order chi connectivity index (χ1) is 8.56.